The Balaban J connectivity index is 2.36. The van der Waals surface area contributed by atoms with Gasteiger partial charge < -0.3 is 5.73 Å². The topological polar surface area (TPSA) is 98.0 Å². The minimum absolute atomic E-state index is 0.0186. The molecule has 10 heteroatoms. The van der Waals surface area contributed by atoms with Crippen molar-refractivity contribution < 1.29 is 12.8 Å². The molecule has 2 aromatic rings. The largest absolute Gasteiger partial charge is 0.374 e. The Morgan fingerprint density at radius 3 is 2.72 bits per heavy atom. The van der Waals surface area contributed by atoms with Crippen molar-refractivity contribution in [3.8, 4) is 0 Å². The Morgan fingerprint density at radius 2 is 2.11 bits per heavy atom. The van der Waals surface area contributed by atoms with Gasteiger partial charge in [0.05, 0.1) is 5.69 Å². The fraction of sp³-hybridized carbons (Fsp3) is 0. The Morgan fingerprint density at radius 1 is 1.39 bits per heavy atom. The summed E-state index contributed by atoms with van der Waals surface area (Å²) in [5.41, 5.74) is 5.11. The molecule has 0 aliphatic carbocycles. The van der Waals surface area contributed by atoms with E-state index in [-0.39, 0.29) is 15.2 Å². The minimum Gasteiger partial charge on any atom is -0.374 e. The van der Waals surface area contributed by atoms with Crippen molar-refractivity contribution in [2.45, 2.75) is 4.34 Å². The van der Waals surface area contributed by atoms with E-state index in [4.69, 9.17) is 5.73 Å². The number of aromatic nitrogens is 2. The van der Waals surface area contributed by atoms with Crippen LogP contribution in [0, 0.1) is 5.82 Å². The van der Waals surface area contributed by atoms with Crippen molar-refractivity contribution in [3.05, 3.63) is 28.5 Å². The zero-order valence-electron chi connectivity index (χ0n) is 8.59. The van der Waals surface area contributed by atoms with Gasteiger partial charge in [-0.1, -0.05) is 27.3 Å². The van der Waals surface area contributed by atoms with Gasteiger partial charge in [-0.3, -0.25) is 4.72 Å². The molecule has 0 fully saturated rings. The van der Waals surface area contributed by atoms with Gasteiger partial charge in [0.25, 0.3) is 14.4 Å². The second-order valence-electron chi connectivity index (χ2n) is 3.14. The molecule has 0 amide bonds. The average Bonchev–Trinajstić information content (AvgIpc) is 2.71. The maximum absolute atomic E-state index is 13.4. The van der Waals surface area contributed by atoms with Gasteiger partial charge in [0.15, 0.2) is 0 Å². The second-order valence-corrected chi connectivity index (χ2v) is 6.92. The number of anilines is 2. The van der Waals surface area contributed by atoms with Crippen LogP contribution in [0.4, 0.5) is 15.2 Å². The number of halogens is 2. The van der Waals surface area contributed by atoms with Gasteiger partial charge in [0, 0.05) is 4.47 Å². The van der Waals surface area contributed by atoms with Crippen LogP contribution in [-0.4, -0.2) is 18.6 Å². The maximum atomic E-state index is 13.4. The van der Waals surface area contributed by atoms with Crippen molar-refractivity contribution in [1.82, 2.24) is 10.2 Å². The Bertz CT molecular complexity index is 688. The summed E-state index contributed by atoms with van der Waals surface area (Å²) < 4.78 is 39.4. The fourth-order valence-corrected chi connectivity index (χ4v) is 3.30. The van der Waals surface area contributed by atoms with Crippen molar-refractivity contribution in [2.24, 2.45) is 0 Å². The van der Waals surface area contributed by atoms with Gasteiger partial charge in [-0.05, 0) is 18.2 Å². The first-order chi connectivity index (χ1) is 8.38. The fourth-order valence-electron chi connectivity index (χ4n) is 1.09. The van der Waals surface area contributed by atoms with Gasteiger partial charge in [0.1, 0.15) is 5.82 Å². The van der Waals surface area contributed by atoms with E-state index in [1.165, 1.54) is 12.1 Å². The predicted octanol–water partition coefficient (Wildman–Crippen LogP) is 1.82. The average molecular weight is 353 g/mol. The van der Waals surface area contributed by atoms with E-state index in [2.05, 4.69) is 30.8 Å². The number of rotatable bonds is 3. The predicted molar refractivity (Wildman–Crippen MR) is 69.2 cm³/mol. The van der Waals surface area contributed by atoms with Crippen LogP contribution in [0.3, 0.4) is 0 Å². The zero-order valence-corrected chi connectivity index (χ0v) is 11.8. The van der Waals surface area contributed by atoms with Crippen LogP contribution < -0.4 is 10.5 Å². The summed E-state index contributed by atoms with van der Waals surface area (Å²) in [6.45, 7) is 0. The summed E-state index contributed by atoms with van der Waals surface area (Å²) in [6.07, 6.45) is 0. The van der Waals surface area contributed by atoms with Crippen LogP contribution in [0.2, 0.25) is 0 Å². The molecule has 0 bridgehead atoms. The van der Waals surface area contributed by atoms with Crippen molar-refractivity contribution in [3.63, 3.8) is 0 Å². The molecular formula is C8H6BrFN4O2S2. The van der Waals surface area contributed by atoms with Crippen LogP contribution >= 0.6 is 27.3 Å². The van der Waals surface area contributed by atoms with Gasteiger partial charge in [-0.2, -0.15) is 8.42 Å². The summed E-state index contributed by atoms with van der Waals surface area (Å²) in [7, 11) is -3.98. The highest BCUT2D eigenvalue weighted by molar-refractivity contribution is 9.10. The second kappa shape index (κ2) is 4.78. The number of nitrogen functional groups attached to an aromatic ring is 1. The zero-order chi connectivity index (χ0) is 13.3. The lowest BCUT2D eigenvalue weighted by Gasteiger charge is -2.06. The standard InChI is InChI=1S/C8H6BrFN4O2S2/c9-4-1-2-5(10)6(3-4)14-18(15,16)8-13-12-7(11)17-8/h1-3,14H,(H2,11,12). The van der Waals surface area contributed by atoms with Gasteiger partial charge >= 0.3 is 0 Å². The molecule has 96 valence electrons. The molecule has 0 unspecified atom stereocenters. The van der Waals surface area contributed by atoms with Crippen molar-refractivity contribution in [2.75, 3.05) is 10.5 Å². The Hall–Kier alpha value is -1.26. The van der Waals surface area contributed by atoms with E-state index in [9.17, 15) is 12.8 Å². The van der Waals surface area contributed by atoms with Gasteiger partial charge in [0.2, 0.25) is 5.13 Å². The Labute approximate surface area is 114 Å². The molecular weight excluding hydrogens is 347 g/mol. The van der Waals surface area contributed by atoms with Crippen LogP contribution in [0.1, 0.15) is 0 Å². The van der Waals surface area contributed by atoms with E-state index in [0.717, 1.165) is 6.07 Å². The molecule has 0 saturated heterocycles. The summed E-state index contributed by atoms with van der Waals surface area (Å²) in [5.74, 6) is -0.695. The molecule has 1 aromatic carbocycles. The molecule has 0 saturated carbocycles. The van der Waals surface area contributed by atoms with Crippen molar-refractivity contribution >= 4 is 48.1 Å². The summed E-state index contributed by atoms with van der Waals surface area (Å²) in [4.78, 5) is 0. The summed E-state index contributed by atoms with van der Waals surface area (Å²) in [6, 6.07) is 3.89. The molecule has 1 heterocycles. The highest BCUT2D eigenvalue weighted by atomic mass is 79.9. The highest BCUT2D eigenvalue weighted by Gasteiger charge is 2.21. The van der Waals surface area contributed by atoms with E-state index >= 15 is 0 Å². The molecule has 0 atom stereocenters. The highest BCUT2D eigenvalue weighted by Crippen LogP contribution is 2.24. The number of hydrogen-bond donors (Lipinski definition) is 2. The molecule has 3 N–H and O–H groups in total. The number of hydrogen-bond acceptors (Lipinski definition) is 6. The van der Waals surface area contributed by atoms with Crippen molar-refractivity contribution in [1.29, 1.82) is 0 Å². The lowest BCUT2D eigenvalue weighted by atomic mass is 10.3. The van der Waals surface area contributed by atoms with Crippen LogP contribution in [0.5, 0.6) is 0 Å². The molecule has 1 aromatic heterocycles. The number of nitrogens with zero attached hydrogens (tertiary/aromatic N) is 2. The molecule has 0 radical (unpaired) electrons. The van der Waals surface area contributed by atoms with Crippen LogP contribution in [0.25, 0.3) is 0 Å². The Kier molecular flexibility index (Phi) is 3.50. The quantitative estimate of drug-likeness (QED) is 0.877. The third-order valence-corrected chi connectivity index (χ3v) is 4.80. The smallest absolute Gasteiger partial charge is 0.291 e. The third-order valence-electron chi connectivity index (χ3n) is 1.82. The van der Waals surface area contributed by atoms with E-state index in [0.29, 0.717) is 15.8 Å². The monoisotopic (exact) mass is 352 g/mol. The first-order valence-electron chi connectivity index (χ1n) is 4.45. The van der Waals surface area contributed by atoms with Gasteiger partial charge in [-0.15, -0.1) is 10.2 Å². The minimum atomic E-state index is -3.98. The molecule has 6 nitrogen and oxygen atoms in total. The normalized spacial score (nSPS) is 11.4. The summed E-state index contributed by atoms with van der Waals surface area (Å²) >= 11 is 3.81. The van der Waals surface area contributed by atoms with E-state index in [1.54, 1.807) is 0 Å². The number of nitrogens with two attached hydrogens (primary N) is 1. The SMILES string of the molecule is Nc1nnc(S(=O)(=O)Nc2cc(Br)ccc2F)s1. The van der Waals surface area contributed by atoms with E-state index < -0.39 is 15.8 Å². The lowest BCUT2D eigenvalue weighted by molar-refractivity contribution is 0.596. The van der Waals surface area contributed by atoms with Gasteiger partial charge in [-0.25, -0.2) is 4.39 Å². The number of benzene rings is 1. The first kappa shape index (κ1) is 13.2. The van der Waals surface area contributed by atoms with E-state index in [1.807, 2.05) is 0 Å². The summed E-state index contributed by atoms with van der Waals surface area (Å²) in [5, 5.41) is 6.80. The lowest BCUT2D eigenvalue weighted by Crippen LogP contribution is -2.13. The first-order valence-corrected chi connectivity index (χ1v) is 7.54. The molecule has 0 spiro atoms. The number of nitrogens with one attached hydrogen (secondary N) is 1. The molecule has 2 rings (SSSR count). The van der Waals surface area contributed by atoms with Crippen LogP contribution in [-0.2, 0) is 10.0 Å². The number of sulfonamides is 1. The molecule has 18 heavy (non-hydrogen) atoms. The maximum Gasteiger partial charge on any atom is 0.291 e. The molecule has 0 aliphatic heterocycles. The third kappa shape index (κ3) is 2.76. The molecule has 0 aliphatic rings. The van der Waals surface area contributed by atoms with Crippen LogP contribution in [0.15, 0.2) is 27.0 Å².